The van der Waals surface area contributed by atoms with Crippen LogP contribution in [0.15, 0.2) is 123 Å². The fourth-order valence-corrected chi connectivity index (χ4v) is 10.7. The molecule has 0 saturated carbocycles. The van der Waals surface area contributed by atoms with Crippen LogP contribution in [0.5, 0.6) is 11.5 Å². The minimum absolute atomic E-state index is 0.0229. The summed E-state index contributed by atoms with van der Waals surface area (Å²) in [5.41, 5.74) is 10.4. The lowest BCUT2D eigenvalue weighted by Gasteiger charge is -2.13. The molecule has 2 aromatic heterocycles. The molecule has 0 bridgehead atoms. The molecule has 0 unspecified atom stereocenters. The van der Waals surface area contributed by atoms with Crippen LogP contribution in [0.4, 0.5) is 69.3 Å². The second-order valence-corrected chi connectivity index (χ2v) is 23.0. The summed E-state index contributed by atoms with van der Waals surface area (Å²) in [4.78, 5) is 22.4. The maximum absolute atomic E-state index is 12.6. The van der Waals surface area contributed by atoms with Crippen LogP contribution in [0.3, 0.4) is 0 Å². The topological polar surface area (TPSA) is 547 Å². The van der Waals surface area contributed by atoms with Crippen molar-refractivity contribution in [3.63, 3.8) is 0 Å². The lowest BCUT2D eigenvalue weighted by atomic mass is 10.1. The number of fused-ring (bicyclic) bond motifs is 2. The number of nitrogens with one attached hydrogen (secondary N) is 4. The second-order valence-electron chi connectivity index (χ2n) is 15.8. The zero-order chi connectivity index (χ0) is 60.7. The van der Waals surface area contributed by atoms with Gasteiger partial charge in [0.2, 0.25) is 34.4 Å². The molecule has 0 radical (unpaired) electrons. The second kappa shape index (κ2) is 26.6. The first-order chi connectivity index (χ1) is 39.8. The molecule has 8 aromatic rings. The number of hydrogen-bond acceptors (Lipinski definition) is 36. The van der Waals surface area contributed by atoms with Crippen molar-refractivity contribution in [1.82, 2.24) is 29.9 Å². The number of rotatable bonds is 25. The lowest BCUT2D eigenvalue weighted by Crippen LogP contribution is -2.17. The van der Waals surface area contributed by atoms with E-state index in [2.05, 4.69) is 99.7 Å². The summed E-state index contributed by atoms with van der Waals surface area (Å²) in [7, 11) is -15.3. The van der Waals surface area contributed by atoms with Crippen molar-refractivity contribution in [2.24, 2.45) is 20.5 Å². The van der Waals surface area contributed by atoms with Gasteiger partial charge in [-0.2, -0.15) is 55.2 Å². The van der Waals surface area contributed by atoms with Crippen LogP contribution in [0, 0.1) is 0 Å². The van der Waals surface area contributed by atoms with Crippen LogP contribution in [0.2, 0.25) is 10.6 Å². The van der Waals surface area contributed by atoms with E-state index in [4.69, 9.17) is 50.4 Å². The molecule has 84 heavy (non-hydrogen) atoms. The molecule has 16 N–H and O–H groups in total. The maximum Gasteiger partial charge on any atom is 0.296 e. The molecule has 0 amide bonds. The molecule has 0 aliphatic heterocycles. The molecule has 0 fully saturated rings. The van der Waals surface area contributed by atoms with E-state index in [1.54, 1.807) is 0 Å². The number of phenolic OH excluding ortho intramolecular Hbond substituents is 2. The van der Waals surface area contributed by atoms with Gasteiger partial charge in [-0.25, -0.2) is 15.8 Å². The first-order valence-electron chi connectivity index (χ1n) is 21.8. The largest absolute Gasteiger partial charge is 0.507 e. The Labute approximate surface area is 491 Å². The van der Waals surface area contributed by atoms with Crippen LogP contribution in [0.25, 0.3) is 21.5 Å². The fraction of sp³-hybridized carbons (Fsp3) is 0.0500. The van der Waals surface area contributed by atoms with Gasteiger partial charge in [-0.1, -0.05) is 15.1 Å². The molecule has 8 rings (SSSR count). The van der Waals surface area contributed by atoms with Crippen molar-refractivity contribution >= 4 is 181 Å². The van der Waals surface area contributed by atoms with Gasteiger partial charge in [0.05, 0.1) is 73.0 Å². The highest BCUT2D eigenvalue weighted by Crippen LogP contribution is 2.48. The molecule has 2 heterocycles. The predicted molar refractivity (Wildman–Crippen MR) is 296 cm³/mol. The first-order valence-corrected chi connectivity index (χ1v) is 29.1. The smallest absolute Gasteiger partial charge is 0.296 e. The van der Waals surface area contributed by atoms with E-state index in [1.165, 1.54) is 42.5 Å². The van der Waals surface area contributed by atoms with E-state index in [0.29, 0.717) is 59.3 Å². The summed E-state index contributed by atoms with van der Waals surface area (Å²) in [6.07, 6.45) is 0. The Bertz CT molecular complexity index is 4290. The molecule has 0 atom stereocenters. The quantitative estimate of drug-likeness (QED) is 0.00482. The standard InChI is InChI=1S/C40H32Cl2N16O20S6/c41-35-49-37(53-39(51-35)47-17-1-3-21(25(11-17)80-77-74-62)55-57-33-29-15(9-26(31(33)43)81-78-75-63)7-19(13-23(29)59)79-76-73-61)45-5-6-46-38-50-36(42)52-40(54-38)48-18-2-4-22(27(12-18)83(67,68)69)56-58-34-30-16(10-28(32(34)44)84(70,71)72)8-20(14-24(30)60)82(64,65)66/h1-4,7-14,59-63H,5-6,43-44H2,(H,64,65,66)(H,67,68,69)(H,70,71,72)(H2,45,47,49,51,53)(H2,46,48,50,52,54). The fourth-order valence-electron chi connectivity index (χ4n) is 7.18. The molecular formula is C40H32Cl2N16O20S6. The van der Waals surface area contributed by atoms with Crippen LogP contribution >= 0.6 is 59.3 Å². The van der Waals surface area contributed by atoms with E-state index in [-0.39, 0.29) is 96.0 Å². The molecule has 0 aliphatic rings. The van der Waals surface area contributed by atoms with Crippen molar-refractivity contribution in [3.05, 3.63) is 83.4 Å². The van der Waals surface area contributed by atoms with Crippen molar-refractivity contribution in [1.29, 1.82) is 0 Å². The van der Waals surface area contributed by atoms with Crippen molar-refractivity contribution in [3.8, 4) is 11.5 Å². The summed E-state index contributed by atoms with van der Waals surface area (Å²) in [6.45, 7) is 0.124. The molecule has 36 nitrogen and oxygen atoms in total. The highest BCUT2D eigenvalue weighted by Gasteiger charge is 2.26. The Morgan fingerprint density at radius 3 is 1.56 bits per heavy atom. The third-order valence-electron chi connectivity index (χ3n) is 10.5. The van der Waals surface area contributed by atoms with Crippen LogP contribution in [0.1, 0.15) is 0 Å². The molecule has 0 spiro atoms. The highest BCUT2D eigenvalue weighted by molar-refractivity contribution is 7.95. The van der Waals surface area contributed by atoms with E-state index in [9.17, 15) is 49.1 Å². The summed E-state index contributed by atoms with van der Waals surface area (Å²) < 4.78 is 117. The van der Waals surface area contributed by atoms with Gasteiger partial charge < -0.3 is 42.9 Å². The Balaban J connectivity index is 0.952. The van der Waals surface area contributed by atoms with Gasteiger partial charge in [-0.05, 0) is 101 Å². The minimum atomic E-state index is -5.16. The van der Waals surface area contributed by atoms with Crippen LogP contribution in [-0.2, 0) is 58.5 Å². The maximum atomic E-state index is 12.6. The van der Waals surface area contributed by atoms with Gasteiger partial charge >= 0.3 is 0 Å². The number of benzene rings is 6. The van der Waals surface area contributed by atoms with Gasteiger partial charge in [0.25, 0.3) is 30.4 Å². The van der Waals surface area contributed by atoms with E-state index >= 15 is 0 Å². The third-order valence-corrected chi connectivity index (χ3v) is 15.3. The Hall–Kier alpha value is -7.54. The molecular weight excluding hydrogens is 1290 g/mol. The summed E-state index contributed by atoms with van der Waals surface area (Å²) in [6, 6.07) is 13.7. The number of nitrogen functional groups attached to an aromatic ring is 2. The Morgan fingerprint density at radius 1 is 0.512 bits per heavy atom. The Morgan fingerprint density at radius 2 is 1.00 bits per heavy atom. The first kappa shape index (κ1) is 62.5. The number of halogens is 2. The number of aromatic nitrogens is 6. The Kier molecular flexibility index (Phi) is 19.8. The average molecular weight is 1320 g/mol. The molecule has 0 saturated heterocycles. The number of anilines is 8. The van der Waals surface area contributed by atoms with Crippen molar-refractivity contribution < 1.29 is 93.0 Å². The zero-order valence-corrected chi connectivity index (χ0v) is 47.1. The number of nitrogens with two attached hydrogens (primary N) is 2. The molecule has 44 heteroatoms. The van der Waals surface area contributed by atoms with E-state index in [1.807, 2.05) is 0 Å². The SMILES string of the molecule is Nc1c(SOOO)cc2cc(SOOO)cc(O)c2c1N=Nc1ccc(Nc2nc(Cl)nc(NCCNc3nc(Cl)nc(Nc4ccc(N=Nc5c(N)c(S(=O)(=O)O)cc6cc(S(=O)(=O)O)cc(O)c56)c(S(=O)(=O)O)c4)n3)n2)cc1SOOO. The highest BCUT2D eigenvalue weighted by atomic mass is 35.5. The van der Waals surface area contributed by atoms with Gasteiger partial charge in [0.15, 0.2) is 0 Å². The van der Waals surface area contributed by atoms with Gasteiger partial charge in [-0.15, -0.1) is 33.5 Å². The zero-order valence-electron chi connectivity index (χ0n) is 40.7. The molecule has 6 aromatic carbocycles. The minimum Gasteiger partial charge on any atom is -0.507 e. The average Bonchev–Trinajstić information content (AvgIpc) is 1.32. The molecule has 0 aliphatic carbocycles. The summed E-state index contributed by atoms with van der Waals surface area (Å²) >= 11 is 14.0. The van der Waals surface area contributed by atoms with Crippen molar-refractivity contribution in [2.75, 3.05) is 45.8 Å². The van der Waals surface area contributed by atoms with Crippen molar-refractivity contribution in [2.45, 2.75) is 29.4 Å². The predicted octanol–water partition coefficient (Wildman–Crippen LogP) is 9.11. The number of phenols is 2. The van der Waals surface area contributed by atoms with Crippen LogP contribution < -0.4 is 32.7 Å². The number of hydrogen-bond donors (Lipinski definition) is 14. The molecule has 442 valence electrons. The summed E-state index contributed by atoms with van der Waals surface area (Å²) in [5, 5.41) is 85.7. The van der Waals surface area contributed by atoms with E-state index in [0.717, 1.165) is 18.2 Å². The van der Waals surface area contributed by atoms with Gasteiger partial charge in [-0.3, -0.25) is 13.7 Å². The monoisotopic (exact) mass is 1320 g/mol. The number of aromatic hydroxyl groups is 2. The van der Waals surface area contributed by atoms with E-state index < -0.39 is 78.6 Å². The summed E-state index contributed by atoms with van der Waals surface area (Å²) in [5.74, 6) is -1.71. The third kappa shape index (κ3) is 15.4. The normalized spacial score (nSPS) is 12.2. The van der Waals surface area contributed by atoms with Crippen LogP contribution in [-0.4, -0.2) is 108 Å². The number of azo groups is 2. The number of nitrogens with zero attached hydrogens (tertiary/aromatic N) is 10. The van der Waals surface area contributed by atoms with Gasteiger partial charge in [0, 0.05) is 35.4 Å². The van der Waals surface area contributed by atoms with Gasteiger partial charge in [0.1, 0.15) is 44.0 Å². The lowest BCUT2D eigenvalue weighted by molar-refractivity contribution is -0.432.